The lowest BCUT2D eigenvalue weighted by Crippen LogP contribution is -2.60. The molecule has 5 amide bonds. The molecule has 1 spiro atoms. The van der Waals surface area contributed by atoms with Crippen LogP contribution < -0.4 is 19.5 Å². The van der Waals surface area contributed by atoms with Gasteiger partial charge in [0.2, 0.25) is 15.9 Å². The standard InChI is InChI=1S/C43H55N5O9S/c1-41(2,3)36(45-40(52)57-42(4,5)6)38(50)47-25-28(56-34-23-31(26-13-9-8-10-14-26)44-32-21-27(55-7)15-18-30(32)34)22-33(47)37(49)48(35-24-43(35)19-11-12-20-43)39(51)46-58(53,54)29-16-17-29/h8-10,13-15,18,21,23,28-29,33,35-36H,11-12,16-17,19-20,22,24-25H2,1-7H3,(H,45,52)(H,46,51). The number of urea groups is 1. The summed E-state index contributed by atoms with van der Waals surface area (Å²) in [6.45, 7) is 10.5. The summed E-state index contributed by atoms with van der Waals surface area (Å²) in [7, 11) is -2.43. The molecule has 312 valence electrons. The van der Waals surface area contributed by atoms with Crippen molar-refractivity contribution in [3.8, 4) is 22.8 Å². The van der Waals surface area contributed by atoms with E-state index in [0.29, 0.717) is 47.4 Å². The van der Waals surface area contributed by atoms with Crippen molar-refractivity contribution in [1.29, 1.82) is 0 Å². The minimum Gasteiger partial charge on any atom is -0.497 e. The van der Waals surface area contributed by atoms with E-state index < -0.39 is 74.5 Å². The van der Waals surface area contributed by atoms with Crippen LogP contribution in [0.5, 0.6) is 11.5 Å². The van der Waals surface area contributed by atoms with Gasteiger partial charge in [-0.1, -0.05) is 63.9 Å². The molecule has 4 fully saturated rings. The highest BCUT2D eigenvalue weighted by Crippen LogP contribution is 2.60. The number of rotatable bonds is 10. The smallest absolute Gasteiger partial charge is 0.408 e. The zero-order valence-electron chi connectivity index (χ0n) is 34.4. The van der Waals surface area contributed by atoms with Crippen LogP contribution in [0.25, 0.3) is 22.2 Å². The maximum Gasteiger partial charge on any atom is 0.408 e. The molecular formula is C43H55N5O9S. The molecule has 0 bridgehead atoms. The number of nitrogens with zero attached hydrogens (tertiary/aromatic N) is 3. The number of nitrogens with one attached hydrogen (secondary N) is 2. The van der Waals surface area contributed by atoms with Gasteiger partial charge >= 0.3 is 12.1 Å². The molecule has 4 atom stereocenters. The Morgan fingerprint density at radius 2 is 1.66 bits per heavy atom. The number of likely N-dealkylation sites (tertiary alicyclic amines) is 1. The Morgan fingerprint density at radius 3 is 2.28 bits per heavy atom. The van der Waals surface area contributed by atoms with Crippen molar-refractivity contribution in [2.24, 2.45) is 10.8 Å². The third-order valence-corrected chi connectivity index (χ3v) is 13.5. The van der Waals surface area contributed by atoms with Crippen LogP contribution in [0.3, 0.4) is 0 Å². The molecule has 0 radical (unpaired) electrons. The van der Waals surface area contributed by atoms with Gasteiger partial charge in [-0.05, 0) is 75.8 Å². The molecule has 1 aliphatic heterocycles. The lowest BCUT2D eigenvalue weighted by atomic mass is 9.85. The molecule has 1 saturated heterocycles. The highest BCUT2D eigenvalue weighted by atomic mass is 32.2. The second-order valence-electron chi connectivity index (χ2n) is 18.3. The minimum absolute atomic E-state index is 0.00656. The molecule has 2 aromatic carbocycles. The van der Waals surface area contributed by atoms with E-state index in [4.69, 9.17) is 19.2 Å². The van der Waals surface area contributed by atoms with Gasteiger partial charge < -0.3 is 24.4 Å². The van der Waals surface area contributed by atoms with Gasteiger partial charge in [0.1, 0.15) is 35.3 Å². The Labute approximate surface area is 340 Å². The summed E-state index contributed by atoms with van der Waals surface area (Å²) in [4.78, 5) is 64.6. The SMILES string of the molecule is COc1ccc2c(OC3CC(C(=O)N(C(=O)NS(=O)(=O)C4CC4)C4CC45CCCC5)N(C(=O)C(NC(=O)OC(C)(C)C)C(C)(C)C)C3)cc(-c3ccccc3)nc2c1. The first-order valence-corrected chi connectivity index (χ1v) is 21.7. The zero-order chi connectivity index (χ0) is 41.8. The van der Waals surface area contributed by atoms with Gasteiger partial charge in [0.25, 0.3) is 5.91 Å². The van der Waals surface area contributed by atoms with Crippen LogP contribution in [0, 0.1) is 10.8 Å². The summed E-state index contributed by atoms with van der Waals surface area (Å²) in [5, 5.41) is 2.75. The van der Waals surface area contributed by atoms with Crippen molar-refractivity contribution in [1.82, 2.24) is 24.8 Å². The fraction of sp³-hybridized carbons (Fsp3) is 0.558. The largest absolute Gasteiger partial charge is 0.497 e. The van der Waals surface area contributed by atoms with Gasteiger partial charge in [0, 0.05) is 35.5 Å². The molecule has 14 nitrogen and oxygen atoms in total. The van der Waals surface area contributed by atoms with E-state index in [1.807, 2.05) is 48.5 Å². The number of amides is 5. The number of pyridine rings is 1. The molecular weight excluding hydrogens is 763 g/mol. The van der Waals surface area contributed by atoms with E-state index >= 15 is 4.79 Å². The van der Waals surface area contributed by atoms with Gasteiger partial charge in [-0.2, -0.15) is 0 Å². The molecule has 4 unspecified atom stereocenters. The Hall–Kier alpha value is -4.92. The van der Waals surface area contributed by atoms with Crippen molar-refractivity contribution in [3.63, 3.8) is 0 Å². The summed E-state index contributed by atoms with van der Waals surface area (Å²) in [5.41, 5.74) is 0.134. The number of carbonyl (C=O) groups excluding carboxylic acids is 4. The van der Waals surface area contributed by atoms with Crippen LogP contribution in [-0.4, -0.2) is 95.9 Å². The average Bonchev–Trinajstić information content (AvgIpc) is 4.03. The Balaban J connectivity index is 1.26. The van der Waals surface area contributed by atoms with Crippen LogP contribution in [0.2, 0.25) is 0 Å². The van der Waals surface area contributed by atoms with Gasteiger partial charge in [-0.3, -0.25) is 14.5 Å². The van der Waals surface area contributed by atoms with Crippen LogP contribution in [0.4, 0.5) is 9.59 Å². The second kappa shape index (κ2) is 15.4. The molecule has 3 aromatic rings. The number of aromatic nitrogens is 1. The van der Waals surface area contributed by atoms with E-state index in [9.17, 15) is 22.8 Å². The lowest BCUT2D eigenvalue weighted by Gasteiger charge is -2.36. The van der Waals surface area contributed by atoms with E-state index in [-0.39, 0.29) is 18.4 Å². The molecule has 2 N–H and O–H groups in total. The number of sulfonamides is 1. The predicted octanol–water partition coefficient (Wildman–Crippen LogP) is 6.56. The summed E-state index contributed by atoms with van der Waals surface area (Å²) in [6.07, 6.45) is 3.42. The molecule has 3 aliphatic carbocycles. The Bertz CT molecular complexity index is 2190. The van der Waals surface area contributed by atoms with Crippen LogP contribution >= 0.6 is 0 Å². The molecule has 4 aliphatic rings. The number of alkyl carbamates (subject to hydrolysis) is 1. The summed E-state index contributed by atoms with van der Waals surface area (Å²) < 4.78 is 46.2. The molecule has 7 rings (SSSR count). The van der Waals surface area contributed by atoms with E-state index in [1.165, 1.54) is 4.90 Å². The minimum atomic E-state index is -4.00. The third kappa shape index (κ3) is 8.74. The summed E-state index contributed by atoms with van der Waals surface area (Å²) in [5.74, 6) is -0.175. The van der Waals surface area contributed by atoms with Gasteiger partial charge in [0.15, 0.2) is 0 Å². The monoisotopic (exact) mass is 817 g/mol. The van der Waals surface area contributed by atoms with Crippen LogP contribution in [-0.2, 0) is 24.3 Å². The lowest BCUT2D eigenvalue weighted by molar-refractivity contribution is -0.145. The van der Waals surface area contributed by atoms with Crippen molar-refractivity contribution in [3.05, 3.63) is 54.6 Å². The quantitative estimate of drug-likeness (QED) is 0.228. The summed E-state index contributed by atoms with van der Waals surface area (Å²) >= 11 is 0. The molecule has 15 heteroatoms. The first-order chi connectivity index (χ1) is 27.3. The van der Waals surface area contributed by atoms with E-state index in [1.54, 1.807) is 54.7 Å². The Kier molecular flexibility index (Phi) is 10.9. The molecule has 3 saturated carbocycles. The number of imide groups is 1. The normalized spacial score (nSPS) is 22.0. The molecule has 2 heterocycles. The van der Waals surface area contributed by atoms with Crippen molar-refractivity contribution >= 4 is 44.9 Å². The third-order valence-electron chi connectivity index (χ3n) is 11.7. The maximum atomic E-state index is 15.1. The molecule has 58 heavy (non-hydrogen) atoms. The van der Waals surface area contributed by atoms with Crippen molar-refractivity contribution < 1.29 is 41.8 Å². The topological polar surface area (TPSA) is 174 Å². The van der Waals surface area contributed by atoms with Crippen LogP contribution in [0.1, 0.15) is 92.9 Å². The number of hydrogen-bond acceptors (Lipinski definition) is 10. The van der Waals surface area contributed by atoms with E-state index in [0.717, 1.165) is 36.1 Å². The summed E-state index contributed by atoms with van der Waals surface area (Å²) in [6, 6.07) is 13.0. The van der Waals surface area contributed by atoms with Crippen molar-refractivity contribution in [2.45, 2.75) is 128 Å². The number of benzene rings is 2. The molecule has 1 aromatic heterocycles. The highest BCUT2D eigenvalue weighted by Gasteiger charge is 2.62. The zero-order valence-corrected chi connectivity index (χ0v) is 35.2. The Morgan fingerprint density at radius 1 is 0.966 bits per heavy atom. The number of ether oxygens (including phenoxy) is 3. The fourth-order valence-electron chi connectivity index (χ4n) is 8.43. The van der Waals surface area contributed by atoms with E-state index in [2.05, 4.69) is 10.0 Å². The highest BCUT2D eigenvalue weighted by molar-refractivity contribution is 7.90. The van der Waals surface area contributed by atoms with Gasteiger partial charge in [-0.25, -0.2) is 27.7 Å². The van der Waals surface area contributed by atoms with Crippen molar-refractivity contribution in [2.75, 3.05) is 13.7 Å². The average molecular weight is 818 g/mol. The predicted molar refractivity (Wildman–Crippen MR) is 218 cm³/mol. The maximum absolute atomic E-state index is 15.1. The second-order valence-corrected chi connectivity index (χ2v) is 20.3. The number of fused-ring (bicyclic) bond motifs is 1. The fourth-order valence-corrected chi connectivity index (χ4v) is 9.70. The number of hydrogen-bond donors (Lipinski definition) is 2. The van der Waals surface area contributed by atoms with Gasteiger partial charge in [0.05, 0.1) is 30.1 Å². The van der Waals surface area contributed by atoms with Gasteiger partial charge in [-0.15, -0.1) is 0 Å². The number of methoxy groups -OCH3 is 1. The first-order valence-electron chi connectivity index (χ1n) is 20.2. The first kappa shape index (κ1) is 41.2. The van der Waals surface area contributed by atoms with Crippen LogP contribution in [0.15, 0.2) is 54.6 Å². The number of carbonyl (C=O) groups is 4.